The van der Waals surface area contributed by atoms with E-state index in [0.717, 1.165) is 24.3 Å². The molecule has 0 spiro atoms. The molecule has 2 aromatic carbocycles. The van der Waals surface area contributed by atoms with Crippen LogP contribution in [0.5, 0.6) is 0 Å². The van der Waals surface area contributed by atoms with Gasteiger partial charge in [-0.3, -0.25) is 0 Å². The van der Waals surface area contributed by atoms with Crippen molar-refractivity contribution in [2.75, 3.05) is 0 Å². The average molecular weight is 305 g/mol. The molecule has 2 rings (SSSR count). The summed E-state index contributed by atoms with van der Waals surface area (Å²) in [7, 11) is 0. The molecule has 0 saturated heterocycles. The number of rotatable bonds is 2. The van der Waals surface area contributed by atoms with Crippen LogP contribution in [0.1, 0.15) is 22.7 Å². The van der Waals surface area contributed by atoms with Crippen molar-refractivity contribution in [3.05, 3.63) is 70.5 Å². The molecule has 1 atom stereocenters. The van der Waals surface area contributed by atoms with Crippen LogP contribution in [0.25, 0.3) is 0 Å². The first-order chi connectivity index (χ1) is 9.70. The monoisotopic (exact) mass is 305 g/mol. The minimum Gasteiger partial charge on any atom is -0.320 e. The number of halogens is 6. The van der Waals surface area contributed by atoms with E-state index < -0.39 is 35.2 Å². The SMILES string of the molecule is NC(c1ccc(F)c(F)c1)c1ccc(F)c(C(F)(F)F)c1. The van der Waals surface area contributed by atoms with Gasteiger partial charge in [0.1, 0.15) is 5.82 Å². The highest BCUT2D eigenvalue weighted by atomic mass is 19.4. The summed E-state index contributed by atoms with van der Waals surface area (Å²) in [6.45, 7) is 0. The van der Waals surface area contributed by atoms with Crippen LogP contribution in [0.4, 0.5) is 26.3 Å². The normalized spacial score (nSPS) is 13.3. The second kappa shape index (κ2) is 5.40. The predicted octanol–water partition coefficient (Wildman–Crippen LogP) is 4.17. The third kappa shape index (κ3) is 3.18. The van der Waals surface area contributed by atoms with E-state index in [1.165, 1.54) is 0 Å². The summed E-state index contributed by atoms with van der Waals surface area (Å²) < 4.78 is 77.0. The van der Waals surface area contributed by atoms with Crippen molar-refractivity contribution in [2.24, 2.45) is 5.73 Å². The highest BCUT2D eigenvalue weighted by molar-refractivity contribution is 5.35. The Balaban J connectivity index is 2.44. The van der Waals surface area contributed by atoms with Crippen LogP contribution in [0, 0.1) is 17.5 Å². The van der Waals surface area contributed by atoms with Crippen molar-refractivity contribution in [2.45, 2.75) is 12.2 Å². The molecule has 0 bridgehead atoms. The van der Waals surface area contributed by atoms with Gasteiger partial charge in [0.25, 0.3) is 0 Å². The third-order valence-electron chi connectivity index (χ3n) is 2.96. The summed E-state index contributed by atoms with van der Waals surface area (Å²) in [5.41, 5.74) is 4.28. The molecule has 0 aromatic heterocycles. The largest absolute Gasteiger partial charge is 0.419 e. The summed E-state index contributed by atoms with van der Waals surface area (Å²) in [6, 6.07) is 3.88. The molecule has 1 unspecified atom stereocenters. The summed E-state index contributed by atoms with van der Waals surface area (Å²) in [6.07, 6.45) is -4.87. The smallest absolute Gasteiger partial charge is 0.320 e. The van der Waals surface area contributed by atoms with Crippen LogP contribution in [0.2, 0.25) is 0 Å². The Morgan fingerprint density at radius 3 is 1.81 bits per heavy atom. The van der Waals surface area contributed by atoms with Crippen LogP contribution in [0.15, 0.2) is 36.4 Å². The molecule has 0 fully saturated rings. The van der Waals surface area contributed by atoms with E-state index >= 15 is 0 Å². The van der Waals surface area contributed by atoms with Crippen LogP contribution < -0.4 is 5.73 Å². The van der Waals surface area contributed by atoms with Crippen LogP contribution in [-0.4, -0.2) is 0 Å². The zero-order chi connectivity index (χ0) is 15.8. The maximum Gasteiger partial charge on any atom is 0.419 e. The first kappa shape index (κ1) is 15.4. The first-order valence-electron chi connectivity index (χ1n) is 5.77. The maximum absolute atomic E-state index is 13.2. The Labute approximate surface area is 116 Å². The summed E-state index contributed by atoms with van der Waals surface area (Å²) in [5.74, 6) is -3.69. The van der Waals surface area contributed by atoms with Crippen molar-refractivity contribution in [1.29, 1.82) is 0 Å². The van der Waals surface area contributed by atoms with Gasteiger partial charge in [-0.1, -0.05) is 12.1 Å². The van der Waals surface area contributed by atoms with Gasteiger partial charge in [-0.15, -0.1) is 0 Å². The van der Waals surface area contributed by atoms with Crippen molar-refractivity contribution in [3.8, 4) is 0 Å². The second-order valence-electron chi connectivity index (χ2n) is 4.39. The summed E-state index contributed by atoms with van der Waals surface area (Å²) in [4.78, 5) is 0. The zero-order valence-corrected chi connectivity index (χ0v) is 10.4. The molecule has 0 amide bonds. The lowest BCUT2D eigenvalue weighted by atomic mass is 9.97. The van der Waals surface area contributed by atoms with Crippen molar-refractivity contribution in [3.63, 3.8) is 0 Å². The zero-order valence-electron chi connectivity index (χ0n) is 10.4. The highest BCUT2D eigenvalue weighted by Gasteiger charge is 2.34. The Morgan fingerprint density at radius 1 is 0.762 bits per heavy atom. The van der Waals surface area contributed by atoms with Crippen LogP contribution in [-0.2, 0) is 6.18 Å². The molecule has 21 heavy (non-hydrogen) atoms. The molecule has 112 valence electrons. The van der Waals surface area contributed by atoms with E-state index in [0.29, 0.717) is 12.1 Å². The molecule has 0 aliphatic carbocycles. The second-order valence-corrected chi connectivity index (χ2v) is 4.39. The van der Waals surface area contributed by atoms with Gasteiger partial charge < -0.3 is 5.73 Å². The Morgan fingerprint density at radius 2 is 1.29 bits per heavy atom. The Bertz CT molecular complexity index is 665. The van der Waals surface area contributed by atoms with Crippen molar-refractivity contribution in [1.82, 2.24) is 0 Å². The van der Waals surface area contributed by atoms with Crippen molar-refractivity contribution >= 4 is 0 Å². The molecule has 2 N–H and O–H groups in total. The molecule has 1 nitrogen and oxygen atoms in total. The van der Waals surface area contributed by atoms with E-state index in [1.807, 2.05) is 0 Å². The molecular weight excluding hydrogens is 296 g/mol. The average Bonchev–Trinajstić information content (AvgIpc) is 2.40. The van der Waals surface area contributed by atoms with Gasteiger partial charge in [-0.05, 0) is 35.4 Å². The van der Waals surface area contributed by atoms with E-state index in [4.69, 9.17) is 5.73 Å². The Kier molecular flexibility index (Phi) is 3.95. The number of hydrogen-bond acceptors (Lipinski definition) is 1. The fourth-order valence-electron chi connectivity index (χ4n) is 1.85. The van der Waals surface area contributed by atoms with Crippen LogP contribution >= 0.6 is 0 Å². The van der Waals surface area contributed by atoms with Crippen LogP contribution in [0.3, 0.4) is 0 Å². The van der Waals surface area contributed by atoms with Gasteiger partial charge in [-0.2, -0.15) is 13.2 Å². The van der Waals surface area contributed by atoms with E-state index in [-0.39, 0.29) is 11.1 Å². The topological polar surface area (TPSA) is 26.0 Å². The molecule has 0 heterocycles. The lowest BCUT2D eigenvalue weighted by molar-refractivity contribution is -0.140. The molecule has 0 aliphatic heterocycles. The van der Waals surface area contributed by atoms with E-state index in [1.54, 1.807) is 0 Å². The number of hydrogen-bond donors (Lipinski definition) is 1. The Hall–Kier alpha value is -2.02. The van der Waals surface area contributed by atoms with Gasteiger partial charge in [0.2, 0.25) is 0 Å². The minimum atomic E-state index is -4.87. The number of benzene rings is 2. The molecule has 0 radical (unpaired) electrons. The number of nitrogens with two attached hydrogens (primary N) is 1. The maximum atomic E-state index is 13.2. The minimum absolute atomic E-state index is 0.0604. The van der Waals surface area contributed by atoms with Gasteiger partial charge in [-0.25, -0.2) is 13.2 Å². The number of alkyl halides is 3. The predicted molar refractivity (Wildman–Crippen MR) is 63.8 cm³/mol. The lowest BCUT2D eigenvalue weighted by Crippen LogP contribution is -2.15. The fourth-order valence-corrected chi connectivity index (χ4v) is 1.85. The summed E-state index contributed by atoms with van der Waals surface area (Å²) in [5, 5.41) is 0. The van der Waals surface area contributed by atoms with Gasteiger partial charge in [0.15, 0.2) is 11.6 Å². The third-order valence-corrected chi connectivity index (χ3v) is 2.96. The highest BCUT2D eigenvalue weighted by Crippen LogP contribution is 2.33. The molecular formula is C14H9F6N. The van der Waals surface area contributed by atoms with Gasteiger partial charge in [0, 0.05) is 0 Å². The van der Waals surface area contributed by atoms with E-state index in [2.05, 4.69) is 0 Å². The fraction of sp³-hybridized carbons (Fsp3) is 0.143. The molecule has 0 saturated carbocycles. The molecule has 0 aliphatic rings. The first-order valence-corrected chi connectivity index (χ1v) is 5.77. The summed E-state index contributed by atoms with van der Waals surface area (Å²) >= 11 is 0. The molecule has 7 heteroatoms. The van der Waals surface area contributed by atoms with Crippen molar-refractivity contribution < 1.29 is 26.3 Å². The van der Waals surface area contributed by atoms with Gasteiger partial charge >= 0.3 is 6.18 Å². The standard InChI is InChI=1S/C14H9F6N/c15-10-3-1-7(5-9(10)14(18,19)20)13(21)8-2-4-11(16)12(17)6-8/h1-6,13H,21H2. The van der Waals surface area contributed by atoms with E-state index in [9.17, 15) is 26.3 Å². The van der Waals surface area contributed by atoms with Gasteiger partial charge in [0.05, 0.1) is 11.6 Å². The molecule has 2 aromatic rings. The lowest BCUT2D eigenvalue weighted by Gasteiger charge is -2.15. The quantitative estimate of drug-likeness (QED) is 0.828.